The van der Waals surface area contributed by atoms with Crippen molar-refractivity contribution >= 4 is 40.5 Å². The van der Waals surface area contributed by atoms with Crippen LogP contribution in [0.15, 0.2) is 59.6 Å². The molecule has 21 heavy (non-hydrogen) atoms. The second-order valence-electron chi connectivity index (χ2n) is 4.56. The van der Waals surface area contributed by atoms with Gasteiger partial charge in [-0.1, -0.05) is 41.9 Å². The van der Waals surface area contributed by atoms with Gasteiger partial charge in [0.2, 0.25) is 5.91 Å². The molecule has 2 aromatic rings. The molecular weight excluding hydrogens is 288 g/mol. The zero-order valence-corrected chi connectivity index (χ0v) is 11.7. The maximum absolute atomic E-state index is 12.4. The lowest BCUT2D eigenvalue weighted by molar-refractivity contribution is -0.120. The van der Waals surface area contributed by atoms with E-state index in [0.717, 1.165) is 4.90 Å². The van der Waals surface area contributed by atoms with Crippen molar-refractivity contribution in [2.45, 2.75) is 6.42 Å². The van der Waals surface area contributed by atoms with Gasteiger partial charge in [0.05, 0.1) is 22.8 Å². The molecule has 4 nitrogen and oxygen atoms in total. The van der Waals surface area contributed by atoms with E-state index in [2.05, 4.69) is 4.99 Å². The number of benzene rings is 2. The lowest BCUT2D eigenvalue weighted by Gasteiger charge is -2.14. The summed E-state index contributed by atoms with van der Waals surface area (Å²) in [5.74, 6) is -0.736. The van der Waals surface area contributed by atoms with Crippen LogP contribution in [0.1, 0.15) is 6.42 Å². The van der Waals surface area contributed by atoms with Gasteiger partial charge in [-0.15, -0.1) is 0 Å². The molecule has 104 valence electrons. The maximum atomic E-state index is 12.4. The lowest BCUT2D eigenvalue weighted by Crippen LogP contribution is -2.30. The highest BCUT2D eigenvalue weighted by Crippen LogP contribution is 2.29. The van der Waals surface area contributed by atoms with Crippen LogP contribution in [0.2, 0.25) is 5.02 Å². The summed E-state index contributed by atoms with van der Waals surface area (Å²) in [7, 11) is 0. The molecule has 0 bridgehead atoms. The Hall–Kier alpha value is -2.46. The first-order chi connectivity index (χ1) is 10.2. The van der Waals surface area contributed by atoms with Crippen molar-refractivity contribution < 1.29 is 9.59 Å². The molecule has 0 spiro atoms. The van der Waals surface area contributed by atoms with E-state index in [1.807, 2.05) is 18.2 Å². The molecular formula is C16H11ClN2O2. The van der Waals surface area contributed by atoms with Crippen LogP contribution in [0, 0.1) is 0 Å². The predicted octanol–water partition coefficient (Wildman–Crippen LogP) is 3.38. The van der Waals surface area contributed by atoms with E-state index in [-0.39, 0.29) is 18.0 Å². The third-order valence-electron chi connectivity index (χ3n) is 3.13. The summed E-state index contributed by atoms with van der Waals surface area (Å²) in [6.45, 7) is 0. The van der Waals surface area contributed by atoms with Gasteiger partial charge in [-0.25, -0.2) is 9.89 Å². The molecule has 0 saturated carbocycles. The van der Waals surface area contributed by atoms with Crippen molar-refractivity contribution in [3.05, 3.63) is 59.6 Å². The number of rotatable bonds is 2. The molecule has 1 heterocycles. The zero-order chi connectivity index (χ0) is 14.8. The zero-order valence-electron chi connectivity index (χ0n) is 11.0. The standard InChI is InChI=1S/C16H11ClN2O2/c17-12-8-4-5-9-14(12)19-15(20)10-13(16(19)21)18-11-6-2-1-3-7-11/h1-9H,10H2. The van der Waals surface area contributed by atoms with E-state index < -0.39 is 5.91 Å². The third-order valence-corrected chi connectivity index (χ3v) is 3.45. The van der Waals surface area contributed by atoms with E-state index in [1.165, 1.54) is 0 Å². The molecule has 0 atom stereocenters. The number of imide groups is 1. The minimum Gasteiger partial charge on any atom is -0.274 e. The van der Waals surface area contributed by atoms with E-state index >= 15 is 0 Å². The Balaban J connectivity index is 1.97. The van der Waals surface area contributed by atoms with Crippen LogP contribution in [0.25, 0.3) is 0 Å². The van der Waals surface area contributed by atoms with Crippen molar-refractivity contribution in [1.29, 1.82) is 0 Å². The number of hydrogen-bond donors (Lipinski definition) is 0. The number of nitrogens with zero attached hydrogens (tertiary/aromatic N) is 2. The smallest absolute Gasteiger partial charge is 0.274 e. The minimum absolute atomic E-state index is 0.0149. The number of hydrogen-bond acceptors (Lipinski definition) is 3. The molecule has 0 N–H and O–H groups in total. The van der Waals surface area contributed by atoms with Gasteiger partial charge < -0.3 is 0 Å². The van der Waals surface area contributed by atoms with E-state index in [0.29, 0.717) is 16.4 Å². The first kappa shape index (κ1) is 13.5. The van der Waals surface area contributed by atoms with Crippen molar-refractivity contribution in [2.24, 2.45) is 4.99 Å². The van der Waals surface area contributed by atoms with Crippen LogP contribution in [0.4, 0.5) is 11.4 Å². The van der Waals surface area contributed by atoms with Gasteiger partial charge in [-0.05, 0) is 24.3 Å². The highest BCUT2D eigenvalue weighted by Gasteiger charge is 2.37. The summed E-state index contributed by atoms with van der Waals surface area (Å²) in [5, 5.41) is 0.361. The second kappa shape index (κ2) is 5.50. The molecule has 5 heteroatoms. The first-order valence-corrected chi connectivity index (χ1v) is 6.79. The Morgan fingerprint density at radius 2 is 1.62 bits per heavy atom. The number of carbonyl (C=O) groups excluding carboxylic acids is 2. The van der Waals surface area contributed by atoms with Crippen molar-refractivity contribution in [3.63, 3.8) is 0 Å². The average molecular weight is 299 g/mol. The molecule has 1 aliphatic rings. The minimum atomic E-state index is -0.419. The van der Waals surface area contributed by atoms with Gasteiger partial charge in [-0.3, -0.25) is 9.59 Å². The van der Waals surface area contributed by atoms with Crippen molar-refractivity contribution in [3.8, 4) is 0 Å². The summed E-state index contributed by atoms with van der Waals surface area (Å²) in [6.07, 6.45) is -0.0149. The Morgan fingerprint density at radius 3 is 2.33 bits per heavy atom. The Morgan fingerprint density at radius 1 is 0.952 bits per heavy atom. The molecule has 0 radical (unpaired) electrons. The summed E-state index contributed by atoms with van der Waals surface area (Å²) >= 11 is 6.06. The number of aliphatic imine (C=N–C) groups is 1. The molecule has 1 aliphatic heterocycles. The van der Waals surface area contributed by atoms with Gasteiger partial charge in [0.15, 0.2) is 0 Å². The topological polar surface area (TPSA) is 49.7 Å². The van der Waals surface area contributed by atoms with Crippen molar-refractivity contribution in [1.82, 2.24) is 0 Å². The Labute approximate surface area is 126 Å². The lowest BCUT2D eigenvalue weighted by atomic mass is 10.3. The number of anilines is 1. The van der Waals surface area contributed by atoms with Crippen molar-refractivity contribution in [2.75, 3.05) is 4.90 Å². The largest absolute Gasteiger partial charge is 0.280 e. The fourth-order valence-electron chi connectivity index (χ4n) is 2.16. The number of para-hydroxylation sites is 2. The van der Waals surface area contributed by atoms with Gasteiger partial charge in [0.25, 0.3) is 5.91 Å². The SMILES string of the molecule is O=C1CC(=Nc2ccccc2)C(=O)N1c1ccccc1Cl. The van der Waals surface area contributed by atoms with Crippen LogP contribution in [-0.2, 0) is 9.59 Å². The van der Waals surface area contributed by atoms with E-state index in [1.54, 1.807) is 36.4 Å². The third kappa shape index (κ3) is 2.58. The van der Waals surface area contributed by atoms with E-state index in [4.69, 9.17) is 11.6 Å². The van der Waals surface area contributed by atoms with Crippen LogP contribution in [0.5, 0.6) is 0 Å². The van der Waals surface area contributed by atoms with Gasteiger partial charge in [0, 0.05) is 0 Å². The summed E-state index contributed by atoms with van der Waals surface area (Å²) < 4.78 is 0. The average Bonchev–Trinajstić information content (AvgIpc) is 2.76. The van der Waals surface area contributed by atoms with E-state index in [9.17, 15) is 9.59 Å². The number of halogens is 1. The summed E-state index contributed by atoms with van der Waals surface area (Å²) in [6, 6.07) is 15.8. The highest BCUT2D eigenvalue weighted by atomic mass is 35.5. The molecule has 1 fully saturated rings. The van der Waals surface area contributed by atoms with Crippen LogP contribution in [-0.4, -0.2) is 17.5 Å². The fraction of sp³-hybridized carbons (Fsp3) is 0.0625. The highest BCUT2D eigenvalue weighted by molar-refractivity contribution is 6.57. The molecule has 0 aliphatic carbocycles. The summed E-state index contributed by atoms with van der Waals surface area (Å²) in [4.78, 5) is 29.8. The molecule has 1 saturated heterocycles. The van der Waals surface area contributed by atoms with Crippen LogP contribution in [0.3, 0.4) is 0 Å². The second-order valence-corrected chi connectivity index (χ2v) is 4.96. The van der Waals surface area contributed by atoms with Crippen LogP contribution < -0.4 is 4.90 Å². The predicted molar refractivity (Wildman–Crippen MR) is 82.1 cm³/mol. The van der Waals surface area contributed by atoms with Gasteiger partial charge in [0.1, 0.15) is 5.71 Å². The van der Waals surface area contributed by atoms with Crippen LogP contribution >= 0.6 is 11.6 Å². The maximum Gasteiger partial charge on any atom is 0.280 e. The van der Waals surface area contributed by atoms with Gasteiger partial charge in [-0.2, -0.15) is 0 Å². The molecule has 0 aromatic heterocycles. The molecule has 3 rings (SSSR count). The number of amides is 2. The Bertz CT molecular complexity index is 741. The molecule has 2 amide bonds. The molecule has 2 aromatic carbocycles. The van der Waals surface area contributed by atoms with Gasteiger partial charge >= 0.3 is 0 Å². The summed E-state index contributed by atoms with van der Waals surface area (Å²) in [5.41, 5.74) is 1.27. The quantitative estimate of drug-likeness (QED) is 0.798. The monoisotopic (exact) mass is 298 g/mol. The molecule has 0 unspecified atom stereocenters. The fourth-order valence-corrected chi connectivity index (χ4v) is 2.38. The normalized spacial score (nSPS) is 16.8. The Kier molecular flexibility index (Phi) is 3.54. The first-order valence-electron chi connectivity index (χ1n) is 6.41. The number of carbonyl (C=O) groups is 2.